The highest BCUT2D eigenvalue weighted by Gasteiger charge is 2.26. The molecular formula is C21H28N2O. The molecule has 0 aliphatic carbocycles. The fourth-order valence-electron chi connectivity index (χ4n) is 3.55. The summed E-state index contributed by atoms with van der Waals surface area (Å²) >= 11 is 0. The van der Waals surface area contributed by atoms with Gasteiger partial charge in [-0.3, -0.25) is 9.69 Å². The molecule has 2 atom stereocenters. The molecule has 0 aromatic heterocycles. The minimum Gasteiger partial charge on any atom is -0.353 e. The fourth-order valence-corrected chi connectivity index (χ4v) is 3.55. The van der Waals surface area contributed by atoms with Crippen molar-refractivity contribution in [2.24, 2.45) is 5.92 Å². The Hall–Kier alpha value is -1.87. The van der Waals surface area contributed by atoms with Crippen LogP contribution in [0.1, 0.15) is 38.7 Å². The van der Waals surface area contributed by atoms with Crippen molar-refractivity contribution in [2.75, 3.05) is 13.1 Å². The molecule has 128 valence electrons. The minimum atomic E-state index is 0.128. The number of amides is 1. The average molecular weight is 324 g/mol. The van der Waals surface area contributed by atoms with Crippen LogP contribution in [0.5, 0.6) is 0 Å². The maximum absolute atomic E-state index is 12.4. The van der Waals surface area contributed by atoms with Gasteiger partial charge >= 0.3 is 0 Å². The Morgan fingerprint density at radius 3 is 2.88 bits per heavy atom. The molecule has 2 aromatic carbocycles. The smallest absolute Gasteiger partial charge is 0.224 e. The lowest BCUT2D eigenvalue weighted by Crippen LogP contribution is -2.44. The molecule has 0 radical (unpaired) electrons. The molecule has 24 heavy (non-hydrogen) atoms. The number of carbonyl (C=O) groups is 1. The van der Waals surface area contributed by atoms with Crippen molar-refractivity contribution in [3.63, 3.8) is 0 Å². The van der Waals surface area contributed by atoms with Gasteiger partial charge in [0.2, 0.25) is 5.91 Å². The van der Waals surface area contributed by atoms with Crippen LogP contribution < -0.4 is 5.32 Å². The molecule has 0 spiro atoms. The van der Waals surface area contributed by atoms with E-state index in [1.807, 2.05) is 0 Å². The van der Waals surface area contributed by atoms with Crippen LogP contribution in [-0.4, -0.2) is 29.9 Å². The molecule has 1 amide bonds. The highest BCUT2D eigenvalue weighted by molar-refractivity contribution is 5.85. The summed E-state index contributed by atoms with van der Waals surface area (Å²) in [4.78, 5) is 14.9. The first-order chi connectivity index (χ1) is 11.7. The summed E-state index contributed by atoms with van der Waals surface area (Å²) in [6.07, 6.45) is 3.09. The molecular weight excluding hydrogens is 296 g/mol. The van der Waals surface area contributed by atoms with E-state index in [2.05, 4.69) is 66.5 Å². The molecule has 1 saturated heterocycles. The van der Waals surface area contributed by atoms with Crippen LogP contribution in [0.25, 0.3) is 10.8 Å². The molecule has 2 unspecified atom stereocenters. The Labute approximate surface area is 145 Å². The van der Waals surface area contributed by atoms with Gasteiger partial charge in [0.15, 0.2) is 0 Å². The normalized spacial score (nSPS) is 20.0. The van der Waals surface area contributed by atoms with Gasteiger partial charge in [0, 0.05) is 19.1 Å². The molecule has 1 aliphatic heterocycles. The number of hydrogen-bond acceptors (Lipinski definition) is 2. The second-order valence-electron chi connectivity index (χ2n) is 7.03. The van der Waals surface area contributed by atoms with Crippen LogP contribution in [0.2, 0.25) is 0 Å². The Kier molecular flexibility index (Phi) is 5.52. The monoisotopic (exact) mass is 324 g/mol. The second-order valence-corrected chi connectivity index (χ2v) is 7.03. The Morgan fingerprint density at radius 1 is 1.25 bits per heavy atom. The predicted octanol–water partition coefficient (Wildman–Crippen LogP) is 3.97. The van der Waals surface area contributed by atoms with E-state index >= 15 is 0 Å². The second kappa shape index (κ2) is 7.80. The molecule has 3 nitrogen and oxygen atoms in total. The number of carbonyl (C=O) groups excluding carboxylic acids is 1. The van der Waals surface area contributed by atoms with Crippen LogP contribution in [0.15, 0.2) is 42.5 Å². The zero-order valence-corrected chi connectivity index (χ0v) is 14.8. The molecule has 1 aliphatic rings. The van der Waals surface area contributed by atoms with Gasteiger partial charge in [-0.25, -0.2) is 0 Å². The van der Waals surface area contributed by atoms with Crippen molar-refractivity contribution in [1.29, 1.82) is 0 Å². The van der Waals surface area contributed by atoms with Crippen LogP contribution in [-0.2, 0) is 11.3 Å². The minimum absolute atomic E-state index is 0.128. The van der Waals surface area contributed by atoms with Crippen molar-refractivity contribution in [3.8, 4) is 0 Å². The summed E-state index contributed by atoms with van der Waals surface area (Å²) in [6, 6.07) is 15.3. The van der Waals surface area contributed by atoms with E-state index in [-0.39, 0.29) is 17.9 Å². The first-order valence-electron chi connectivity index (χ1n) is 9.16. The van der Waals surface area contributed by atoms with E-state index in [0.29, 0.717) is 0 Å². The van der Waals surface area contributed by atoms with Crippen LogP contribution >= 0.6 is 0 Å². The van der Waals surface area contributed by atoms with Gasteiger partial charge < -0.3 is 5.32 Å². The van der Waals surface area contributed by atoms with Gasteiger partial charge in [0.05, 0.1) is 5.92 Å². The quantitative estimate of drug-likeness (QED) is 0.902. The summed E-state index contributed by atoms with van der Waals surface area (Å²) in [5.74, 6) is 0.356. The third-order valence-corrected chi connectivity index (χ3v) is 5.15. The highest BCUT2D eigenvalue weighted by atomic mass is 16.2. The average Bonchev–Trinajstić information content (AvgIpc) is 2.62. The standard InChI is InChI=1S/C21H28N2O/c1-3-16(2)22-21(24)19-11-7-13-23(15-19)14-18-10-6-9-17-8-4-5-12-20(17)18/h4-6,8-10,12,16,19H,3,7,11,13-15H2,1-2H3,(H,22,24). The van der Waals surface area contributed by atoms with E-state index in [1.54, 1.807) is 0 Å². The van der Waals surface area contributed by atoms with Crippen molar-refractivity contribution in [3.05, 3.63) is 48.0 Å². The number of benzene rings is 2. The van der Waals surface area contributed by atoms with E-state index in [9.17, 15) is 4.79 Å². The molecule has 0 saturated carbocycles. The van der Waals surface area contributed by atoms with Gasteiger partial charge in [0.1, 0.15) is 0 Å². The lowest BCUT2D eigenvalue weighted by atomic mass is 9.95. The number of piperidine rings is 1. The van der Waals surface area contributed by atoms with Crippen LogP contribution in [0, 0.1) is 5.92 Å². The van der Waals surface area contributed by atoms with Gasteiger partial charge in [-0.05, 0) is 49.1 Å². The largest absolute Gasteiger partial charge is 0.353 e. The van der Waals surface area contributed by atoms with Crippen molar-refractivity contribution in [1.82, 2.24) is 10.2 Å². The Morgan fingerprint density at radius 2 is 2.04 bits per heavy atom. The highest BCUT2D eigenvalue weighted by Crippen LogP contribution is 2.23. The molecule has 3 heteroatoms. The van der Waals surface area contributed by atoms with E-state index in [0.717, 1.165) is 38.9 Å². The molecule has 1 N–H and O–H groups in total. The molecule has 1 heterocycles. The SMILES string of the molecule is CCC(C)NC(=O)C1CCCN(Cc2cccc3ccccc23)C1. The van der Waals surface area contributed by atoms with Crippen molar-refractivity contribution < 1.29 is 4.79 Å². The van der Waals surface area contributed by atoms with Gasteiger partial charge in [-0.2, -0.15) is 0 Å². The van der Waals surface area contributed by atoms with Gasteiger partial charge in [-0.15, -0.1) is 0 Å². The Bertz CT molecular complexity index is 692. The third-order valence-electron chi connectivity index (χ3n) is 5.15. The summed E-state index contributed by atoms with van der Waals surface area (Å²) in [6.45, 7) is 7.06. The van der Waals surface area contributed by atoms with E-state index < -0.39 is 0 Å². The molecule has 1 fully saturated rings. The number of fused-ring (bicyclic) bond motifs is 1. The topological polar surface area (TPSA) is 32.3 Å². The zero-order valence-electron chi connectivity index (χ0n) is 14.8. The molecule has 2 aromatic rings. The van der Waals surface area contributed by atoms with Crippen molar-refractivity contribution in [2.45, 2.75) is 45.7 Å². The summed E-state index contributed by atoms with van der Waals surface area (Å²) < 4.78 is 0. The lowest BCUT2D eigenvalue weighted by molar-refractivity contribution is -0.127. The molecule has 3 rings (SSSR count). The predicted molar refractivity (Wildman–Crippen MR) is 99.8 cm³/mol. The number of nitrogens with zero attached hydrogens (tertiary/aromatic N) is 1. The lowest BCUT2D eigenvalue weighted by Gasteiger charge is -2.32. The summed E-state index contributed by atoms with van der Waals surface area (Å²) in [5, 5.41) is 5.76. The van der Waals surface area contributed by atoms with Gasteiger partial charge in [0.25, 0.3) is 0 Å². The fraction of sp³-hybridized carbons (Fsp3) is 0.476. The first-order valence-corrected chi connectivity index (χ1v) is 9.16. The number of hydrogen-bond donors (Lipinski definition) is 1. The maximum atomic E-state index is 12.4. The number of nitrogens with one attached hydrogen (secondary N) is 1. The third kappa shape index (κ3) is 3.96. The van der Waals surface area contributed by atoms with Gasteiger partial charge in [-0.1, -0.05) is 49.4 Å². The Balaban J connectivity index is 1.68. The maximum Gasteiger partial charge on any atom is 0.224 e. The first kappa shape index (κ1) is 17.0. The molecule has 0 bridgehead atoms. The number of likely N-dealkylation sites (tertiary alicyclic amines) is 1. The number of rotatable bonds is 5. The van der Waals surface area contributed by atoms with Crippen molar-refractivity contribution >= 4 is 16.7 Å². The zero-order chi connectivity index (χ0) is 16.9. The summed E-state index contributed by atoms with van der Waals surface area (Å²) in [7, 11) is 0. The van der Waals surface area contributed by atoms with E-state index in [1.165, 1.54) is 16.3 Å². The van der Waals surface area contributed by atoms with Crippen LogP contribution in [0.3, 0.4) is 0 Å². The van der Waals surface area contributed by atoms with E-state index in [4.69, 9.17) is 0 Å². The summed E-state index contributed by atoms with van der Waals surface area (Å²) in [5.41, 5.74) is 1.36. The van der Waals surface area contributed by atoms with Crippen LogP contribution in [0.4, 0.5) is 0 Å².